The van der Waals surface area contributed by atoms with Crippen LogP contribution in [-0.2, 0) is 22.4 Å². The molecule has 2 unspecified atom stereocenters. The Balaban J connectivity index is 2.41. The summed E-state index contributed by atoms with van der Waals surface area (Å²) in [5, 5.41) is 9.18. The Kier molecular flexibility index (Phi) is 5.19. The minimum Gasteiger partial charge on any atom is -0.481 e. The molecule has 5 nitrogen and oxygen atoms in total. The van der Waals surface area contributed by atoms with Gasteiger partial charge >= 0.3 is 5.97 Å². The van der Waals surface area contributed by atoms with Crippen molar-refractivity contribution in [3.63, 3.8) is 0 Å². The summed E-state index contributed by atoms with van der Waals surface area (Å²) in [6.45, 7) is 5.08. The summed E-state index contributed by atoms with van der Waals surface area (Å²) in [5.41, 5.74) is 8.89. The summed E-state index contributed by atoms with van der Waals surface area (Å²) < 4.78 is 0. The van der Waals surface area contributed by atoms with E-state index >= 15 is 0 Å². The van der Waals surface area contributed by atoms with Crippen molar-refractivity contribution in [2.24, 2.45) is 11.7 Å². The molecule has 1 aliphatic rings. The van der Waals surface area contributed by atoms with Gasteiger partial charge in [-0.2, -0.15) is 0 Å². The van der Waals surface area contributed by atoms with E-state index in [-0.39, 0.29) is 0 Å². The normalized spacial score (nSPS) is 20.0. The predicted octanol–water partition coefficient (Wildman–Crippen LogP) is 1.74. The summed E-state index contributed by atoms with van der Waals surface area (Å²) in [6, 6.07) is 5.52. The van der Waals surface area contributed by atoms with E-state index in [4.69, 9.17) is 5.73 Å². The monoisotopic (exact) mass is 304 g/mol. The van der Waals surface area contributed by atoms with Gasteiger partial charge in [0.25, 0.3) is 0 Å². The Morgan fingerprint density at radius 1 is 1.32 bits per heavy atom. The van der Waals surface area contributed by atoms with E-state index < -0.39 is 23.8 Å². The highest BCUT2D eigenvalue weighted by molar-refractivity contribution is 5.82. The Morgan fingerprint density at radius 2 is 1.91 bits per heavy atom. The van der Waals surface area contributed by atoms with Crippen LogP contribution in [0.4, 0.5) is 0 Å². The number of aliphatic carboxylic acids is 1. The molecule has 0 bridgehead atoms. The number of rotatable bonds is 6. The van der Waals surface area contributed by atoms with Gasteiger partial charge in [0.15, 0.2) is 0 Å². The fourth-order valence-corrected chi connectivity index (χ4v) is 3.36. The van der Waals surface area contributed by atoms with Crippen LogP contribution in [0.25, 0.3) is 0 Å². The minimum atomic E-state index is -0.801. The Bertz CT molecular complexity index is 549. The minimum absolute atomic E-state index is 0.379. The van der Waals surface area contributed by atoms with E-state index in [1.54, 1.807) is 0 Å². The quantitative estimate of drug-likeness (QED) is 0.838. The lowest BCUT2D eigenvalue weighted by atomic mass is 9.91. The smallest absolute Gasteiger partial charge is 0.307 e. The number of primary amides is 1. The van der Waals surface area contributed by atoms with Gasteiger partial charge in [-0.15, -0.1) is 0 Å². The van der Waals surface area contributed by atoms with Gasteiger partial charge in [0.1, 0.15) is 6.04 Å². The highest BCUT2D eigenvalue weighted by atomic mass is 16.4. The lowest BCUT2D eigenvalue weighted by molar-refractivity contribution is -0.141. The van der Waals surface area contributed by atoms with Crippen molar-refractivity contribution >= 4 is 11.9 Å². The van der Waals surface area contributed by atoms with Gasteiger partial charge in [-0.05, 0) is 36.0 Å². The Hall–Kier alpha value is -1.88. The predicted molar refractivity (Wildman–Crippen MR) is 84.4 cm³/mol. The van der Waals surface area contributed by atoms with Crippen molar-refractivity contribution < 1.29 is 14.7 Å². The van der Waals surface area contributed by atoms with Crippen LogP contribution in [-0.4, -0.2) is 35.0 Å². The fraction of sp³-hybridized carbons (Fsp3) is 0.529. The van der Waals surface area contributed by atoms with Gasteiger partial charge in [-0.1, -0.05) is 32.0 Å². The number of likely N-dealkylation sites (tertiary alicyclic amines) is 1. The lowest BCUT2D eigenvalue weighted by Gasteiger charge is -2.29. The van der Waals surface area contributed by atoms with Gasteiger partial charge in [0, 0.05) is 13.1 Å². The molecule has 0 aromatic heterocycles. The largest absolute Gasteiger partial charge is 0.481 e. The zero-order valence-electron chi connectivity index (χ0n) is 13.2. The van der Waals surface area contributed by atoms with Gasteiger partial charge < -0.3 is 10.8 Å². The highest BCUT2D eigenvalue weighted by Gasteiger charge is 2.36. The first kappa shape index (κ1) is 16.5. The zero-order valence-corrected chi connectivity index (χ0v) is 13.2. The van der Waals surface area contributed by atoms with Crippen LogP contribution in [0.3, 0.4) is 0 Å². The second-order valence-corrected chi connectivity index (χ2v) is 5.82. The number of aryl methyl sites for hydroxylation is 2. The second-order valence-electron chi connectivity index (χ2n) is 5.82. The molecule has 1 aromatic rings. The third-order valence-corrected chi connectivity index (χ3v) is 4.53. The Morgan fingerprint density at radius 3 is 2.32 bits per heavy atom. The average molecular weight is 304 g/mol. The number of carbonyl (C=O) groups excluding carboxylic acids is 1. The van der Waals surface area contributed by atoms with Gasteiger partial charge in [0.05, 0.1) is 5.92 Å². The van der Waals surface area contributed by atoms with Crippen molar-refractivity contribution in [3.05, 3.63) is 34.9 Å². The van der Waals surface area contributed by atoms with Gasteiger partial charge in [-0.25, -0.2) is 0 Å². The van der Waals surface area contributed by atoms with E-state index in [1.165, 1.54) is 0 Å². The molecule has 1 aliphatic heterocycles. The molecule has 1 amide bonds. The van der Waals surface area contributed by atoms with Crippen molar-refractivity contribution in [2.75, 3.05) is 13.1 Å². The molecule has 0 radical (unpaired) electrons. The van der Waals surface area contributed by atoms with Gasteiger partial charge in [-0.3, -0.25) is 14.5 Å². The number of carbonyl (C=O) groups is 2. The van der Waals surface area contributed by atoms with Crippen LogP contribution < -0.4 is 5.73 Å². The molecule has 1 aromatic carbocycles. The molecule has 5 heteroatoms. The first-order valence-corrected chi connectivity index (χ1v) is 7.86. The molecule has 2 rings (SSSR count). The molecular formula is C17H24N2O3. The van der Waals surface area contributed by atoms with Crippen LogP contribution >= 0.6 is 0 Å². The third-order valence-electron chi connectivity index (χ3n) is 4.53. The molecule has 1 saturated heterocycles. The topological polar surface area (TPSA) is 83.6 Å². The molecule has 120 valence electrons. The van der Waals surface area contributed by atoms with Gasteiger partial charge in [0.2, 0.25) is 5.91 Å². The summed E-state index contributed by atoms with van der Waals surface area (Å²) in [5.74, 6) is -1.62. The molecule has 0 aliphatic carbocycles. The first-order valence-electron chi connectivity index (χ1n) is 7.86. The average Bonchev–Trinajstić information content (AvgIpc) is 2.97. The third kappa shape index (κ3) is 3.14. The summed E-state index contributed by atoms with van der Waals surface area (Å²) >= 11 is 0. The van der Waals surface area contributed by atoms with Crippen molar-refractivity contribution in [1.29, 1.82) is 0 Å². The molecule has 0 saturated carbocycles. The zero-order chi connectivity index (χ0) is 16.3. The number of carboxylic acid groups (broad SMARTS) is 1. The van der Waals surface area contributed by atoms with E-state index in [0.29, 0.717) is 19.5 Å². The number of amides is 1. The summed E-state index contributed by atoms with van der Waals surface area (Å²) in [7, 11) is 0. The highest BCUT2D eigenvalue weighted by Crippen LogP contribution is 2.32. The van der Waals surface area contributed by atoms with Crippen molar-refractivity contribution in [3.8, 4) is 0 Å². The van der Waals surface area contributed by atoms with E-state index in [0.717, 1.165) is 29.5 Å². The van der Waals surface area contributed by atoms with Crippen LogP contribution in [0, 0.1) is 5.92 Å². The maximum atomic E-state index is 12.1. The maximum Gasteiger partial charge on any atom is 0.307 e. The number of carboxylic acids is 1. The number of hydrogen-bond donors (Lipinski definition) is 2. The van der Waals surface area contributed by atoms with Crippen molar-refractivity contribution in [2.45, 2.75) is 39.2 Å². The van der Waals surface area contributed by atoms with E-state index in [1.807, 2.05) is 23.1 Å². The van der Waals surface area contributed by atoms with Crippen LogP contribution in [0.2, 0.25) is 0 Å². The fourth-order valence-electron chi connectivity index (χ4n) is 3.36. The molecule has 22 heavy (non-hydrogen) atoms. The maximum absolute atomic E-state index is 12.1. The number of nitrogens with two attached hydrogens (primary N) is 1. The SMILES string of the molecule is CCc1cccc(CC)c1C(C(N)=O)N1CCC(C(=O)O)C1. The first-order chi connectivity index (χ1) is 10.5. The van der Waals surface area contributed by atoms with Crippen LogP contribution in [0.15, 0.2) is 18.2 Å². The van der Waals surface area contributed by atoms with Crippen molar-refractivity contribution in [1.82, 2.24) is 4.90 Å². The van der Waals surface area contributed by atoms with E-state index in [9.17, 15) is 14.7 Å². The van der Waals surface area contributed by atoms with Crippen LogP contribution in [0.1, 0.15) is 43.0 Å². The van der Waals surface area contributed by atoms with E-state index in [2.05, 4.69) is 13.8 Å². The number of nitrogens with zero attached hydrogens (tertiary/aromatic N) is 1. The number of hydrogen-bond acceptors (Lipinski definition) is 3. The number of benzene rings is 1. The second kappa shape index (κ2) is 6.92. The standard InChI is InChI=1S/C17H24N2O3/c1-3-11-6-5-7-12(4-2)14(11)15(16(18)20)19-9-8-13(10-19)17(21)22/h5-7,13,15H,3-4,8-10H2,1-2H3,(H2,18,20)(H,21,22). The molecule has 1 fully saturated rings. The van der Waals surface area contributed by atoms with Crippen LogP contribution in [0.5, 0.6) is 0 Å². The molecule has 0 spiro atoms. The lowest BCUT2D eigenvalue weighted by Crippen LogP contribution is -2.38. The Labute approximate surface area is 131 Å². The summed E-state index contributed by atoms with van der Waals surface area (Å²) in [6.07, 6.45) is 2.21. The molecule has 3 N–H and O–H groups in total. The molecule has 2 atom stereocenters. The molecular weight excluding hydrogens is 280 g/mol. The summed E-state index contributed by atoms with van der Waals surface area (Å²) in [4.78, 5) is 25.2. The molecule has 1 heterocycles.